The largest absolute Gasteiger partial charge is 0.310 e. The summed E-state index contributed by atoms with van der Waals surface area (Å²) < 4.78 is 0. The van der Waals surface area contributed by atoms with Crippen molar-refractivity contribution in [1.29, 1.82) is 0 Å². The van der Waals surface area contributed by atoms with Gasteiger partial charge in [-0.05, 0) is 41.7 Å². The smallest absolute Gasteiger partial charge is 0.0208 e. The molecule has 0 atom stereocenters. The fourth-order valence-electron chi connectivity index (χ4n) is 2.68. The first-order valence-electron chi connectivity index (χ1n) is 8.20. The Hall–Kier alpha value is -0.820. The summed E-state index contributed by atoms with van der Waals surface area (Å²) in [5, 5.41) is 3.75. The van der Waals surface area contributed by atoms with Crippen molar-refractivity contribution in [1.82, 2.24) is 5.32 Å². The number of hydrogen-bond acceptors (Lipinski definition) is 1. The van der Waals surface area contributed by atoms with Gasteiger partial charge in [0.05, 0.1) is 0 Å². The van der Waals surface area contributed by atoms with Crippen molar-refractivity contribution in [2.75, 3.05) is 0 Å². The number of nitrogens with one attached hydrogen (secondary N) is 1. The molecule has 1 heteroatoms. The first-order valence-corrected chi connectivity index (χ1v) is 8.20. The van der Waals surface area contributed by atoms with Crippen molar-refractivity contribution in [2.24, 2.45) is 11.8 Å². The maximum Gasteiger partial charge on any atom is 0.0208 e. The van der Waals surface area contributed by atoms with Crippen LogP contribution in [0.1, 0.15) is 71.4 Å². The van der Waals surface area contributed by atoms with Gasteiger partial charge in [0.15, 0.2) is 0 Å². The zero-order valence-corrected chi connectivity index (χ0v) is 14.2. The minimum absolute atomic E-state index is 0.617. The number of benzene rings is 1. The molecule has 0 radical (unpaired) electrons. The maximum atomic E-state index is 3.75. The first kappa shape index (κ1) is 17.2. The molecule has 0 aromatic heterocycles. The lowest BCUT2D eigenvalue weighted by Crippen LogP contribution is -2.31. The fourth-order valence-corrected chi connectivity index (χ4v) is 2.68. The van der Waals surface area contributed by atoms with Crippen molar-refractivity contribution in [3.05, 3.63) is 35.4 Å². The van der Waals surface area contributed by atoms with Crippen LogP contribution in [0.25, 0.3) is 0 Å². The van der Waals surface area contributed by atoms with Crippen LogP contribution in [0.4, 0.5) is 0 Å². The molecule has 0 aliphatic carbocycles. The van der Waals surface area contributed by atoms with Crippen LogP contribution in [0, 0.1) is 11.8 Å². The van der Waals surface area contributed by atoms with E-state index in [1.54, 1.807) is 0 Å². The molecule has 0 amide bonds. The van der Waals surface area contributed by atoms with Gasteiger partial charge in [0.1, 0.15) is 0 Å². The van der Waals surface area contributed by atoms with Crippen LogP contribution >= 0.6 is 0 Å². The van der Waals surface area contributed by atoms with Gasteiger partial charge < -0.3 is 5.32 Å². The zero-order chi connectivity index (χ0) is 15.1. The second-order valence-electron chi connectivity index (χ2n) is 7.23. The normalized spacial score (nSPS) is 12.1. The van der Waals surface area contributed by atoms with Crippen LogP contribution in [-0.2, 0) is 6.54 Å². The third-order valence-electron chi connectivity index (χ3n) is 3.75. The highest BCUT2D eigenvalue weighted by molar-refractivity contribution is 5.24. The second-order valence-corrected chi connectivity index (χ2v) is 7.23. The van der Waals surface area contributed by atoms with Crippen molar-refractivity contribution < 1.29 is 0 Å². The summed E-state index contributed by atoms with van der Waals surface area (Å²) >= 11 is 0. The molecule has 114 valence electrons. The van der Waals surface area contributed by atoms with Crippen molar-refractivity contribution in [2.45, 2.75) is 72.9 Å². The monoisotopic (exact) mass is 275 g/mol. The van der Waals surface area contributed by atoms with Crippen LogP contribution in [0.3, 0.4) is 0 Å². The molecule has 1 aromatic carbocycles. The van der Waals surface area contributed by atoms with Crippen LogP contribution in [0.5, 0.6) is 0 Å². The molecule has 0 saturated carbocycles. The van der Waals surface area contributed by atoms with Crippen molar-refractivity contribution in [3.8, 4) is 0 Å². The third kappa shape index (κ3) is 6.56. The van der Waals surface area contributed by atoms with E-state index in [9.17, 15) is 0 Å². The standard InChI is InChI=1S/C19H33N/c1-14(2)11-19(12-15(3)4)20-13-17-7-9-18(10-8-17)16(5)6/h7-10,14-16,19-20H,11-13H2,1-6H3. The SMILES string of the molecule is CC(C)CC(CC(C)C)NCc1ccc(C(C)C)cc1. The predicted molar refractivity (Wildman–Crippen MR) is 90.1 cm³/mol. The first-order chi connectivity index (χ1) is 9.38. The fraction of sp³-hybridized carbons (Fsp3) is 0.684. The summed E-state index contributed by atoms with van der Waals surface area (Å²) in [6.07, 6.45) is 2.53. The van der Waals surface area contributed by atoms with Gasteiger partial charge in [0.25, 0.3) is 0 Å². The zero-order valence-electron chi connectivity index (χ0n) is 14.2. The molecule has 20 heavy (non-hydrogen) atoms. The summed E-state index contributed by atoms with van der Waals surface area (Å²) in [7, 11) is 0. The lowest BCUT2D eigenvalue weighted by Gasteiger charge is -2.22. The molecule has 0 aliphatic heterocycles. The number of rotatable bonds is 8. The van der Waals surface area contributed by atoms with Gasteiger partial charge >= 0.3 is 0 Å². The minimum Gasteiger partial charge on any atom is -0.310 e. The van der Waals surface area contributed by atoms with E-state index in [2.05, 4.69) is 71.1 Å². The van der Waals surface area contributed by atoms with E-state index in [1.165, 1.54) is 24.0 Å². The molecule has 0 unspecified atom stereocenters. The summed E-state index contributed by atoms with van der Waals surface area (Å²) in [6.45, 7) is 14.7. The highest BCUT2D eigenvalue weighted by Gasteiger charge is 2.12. The topological polar surface area (TPSA) is 12.0 Å². The molecule has 0 bridgehead atoms. The molecule has 0 heterocycles. The Morgan fingerprint density at radius 3 is 1.70 bits per heavy atom. The average molecular weight is 275 g/mol. The molecule has 1 nitrogen and oxygen atoms in total. The molecule has 1 N–H and O–H groups in total. The lowest BCUT2D eigenvalue weighted by molar-refractivity contribution is 0.358. The molecule has 1 rings (SSSR count). The van der Waals surface area contributed by atoms with Gasteiger partial charge in [0, 0.05) is 12.6 Å². The van der Waals surface area contributed by atoms with E-state index in [0.29, 0.717) is 12.0 Å². The summed E-state index contributed by atoms with van der Waals surface area (Å²) in [6, 6.07) is 9.71. The minimum atomic E-state index is 0.617. The molecule has 0 spiro atoms. The molecule has 0 fully saturated rings. The molecule has 0 saturated heterocycles. The van der Waals surface area contributed by atoms with E-state index < -0.39 is 0 Å². The maximum absolute atomic E-state index is 3.75. The highest BCUT2D eigenvalue weighted by Crippen LogP contribution is 2.16. The van der Waals surface area contributed by atoms with Crippen LogP contribution in [0.2, 0.25) is 0 Å². The molecule has 1 aromatic rings. The van der Waals surface area contributed by atoms with Gasteiger partial charge in [-0.2, -0.15) is 0 Å². The lowest BCUT2D eigenvalue weighted by atomic mass is 9.95. The second kappa shape index (κ2) is 8.46. The van der Waals surface area contributed by atoms with E-state index >= 15 is 0 Å². The Kier molecular flexibility index (Phi) is 7.29. The Morgan fingerprint density at radius 2 is 1.30 bits per heavy atom. The van der Waals surface area contributed by atoms with Crippen molar-refractivity contribution >= 4 is 0 Å². The Labute approximate surface area is 126 Å². The Morgan fingerprint density at radius 1 is 0.800 bits per heavy atom. The predicted octanol–water partition coefficient (Wildman–Crippen LogP) is 5.36. The van der Waals surface area contributed by atoms with E-state index in [0.717, 1.165) is 18.4 Å². The Bertz CT molecular complexity index is 352. The van der Waals surface area contributed by atoms with Gasteiger partial charge in [-0.15, -0.1) is 0 Å². The summed E-state index contributed by atoms with van der Waals surface area (Å²) in [5.74, 6) is 2.13. The highest BCUT2D eigenvalue weighted by atomic mass is 14.9. The van der Waals surface area contributed by atoms with E-state index in [1.807, 2.05) is 0 Å². The van der Waals surface area contributed by atoms with Crippen molar-refractivity contribution in [3.63, 3.8) is 0 Å². The number of hydrogen-bond donors (Lipinski definition) is 1. The Balaban J connectivity index is 2.53. The van der Waals surface area contributed by atoms with Gasteiger partial charge in [-0.3, -0.25) is 0 Å². The van der Waals surface area contributed by atoms with E-state index in [4.69, 9.17) is 0 Å². The quantitative estimate of drug-likeness (QED) is 0.673. The molecular formula is C19H33N. The van der Waals surface area contributed by atoms with Gasteiger partial charge in [-0.1, -0.05) is 65.8 Å². The van der Waals surface area contributed by atoms with Crippen LogP contribution in [-0.4, -0.2) is 6.04 Å². The molecular weight excluding hydrogens is 242 g/mol. The van der Waals surface area contributed by atoms with E-state index in [-0.39, 0.29) is 0 Å². The van der Waals surface area contributed by atoms with Crippen LogP contribution in [0.15, 0.2) is 24.3 Å². The molecule has 0 aliphatic rings. The van der Waals surface area contributed by atoms with Crippen LogP contribution < -0.4 is 5.32 Å². The summed E-state index contributed by atoms with van der Waals surface area (Å²) in [5.41, 5.74) is 2.82. The third-order valence-corrected chi connectivity index (χ3v) is 3.75. The van der Waals surface area contributed by atoms with Gasteiger partial charge in [0.2, 0.25) is 0 Å². The van der Waals surface area contributed by atoms with Gasteiger partial charge in [-0.25, -0.2) is 0 Å². The summed E-state index contributed by atoms with van der Waals surface area (Å²) in [4.78, 5) is 0. The average Bonchev–Trinajstić information content (AvgIpc) is 2.35.